The van der Waals surface area contributed by atoms with E-state index in [0.29, 0.717) is 24.7 Å². The van der Waals surface area contributed by atoms with Gasteiger partial charge in [-0.1, -0.05) is 13.8 Å². The van der Waals surface area contributed by atoms with Crippen LogP contribution in [0.15, 0.2) is 6.07 Å². The largest absolute Gasteiger partial charge is 0.337 e. The molecule has 7 nitrogen and oxygen atoms in total. The van der Waals surface area contributed by atoms with Gasteiger partial charge in [0, 0.05) is 24.7 Å². The van der Waals surface area contributed by atoms with Crippen LogP contribution in [0.1, 0.15) is 35.9 Å². The number of rotatable bonds is 3. The first-order valence-electron chi connectivity index (χ1n) is 6.88. The second-order valence-corrected chi connectivity index (χ2v) is 5.94. The lowest BCUT2D eigenvalue weighted by Crippen LogP contribution is -2.37. The maximum atomic E-state index is 12.3. The molecule has 0 aromatic carbocycles. The van der Waals surface area contributed by atoms with Crippen molar-refractivity contribution in [1.29, 1.82) is 0 Å². The third kappa shape index (κ3) is 1.98. The molecule has 1 aromatic heterocycles. The molecule has 1 aromatic rings. The lowest BCUT2D eigenvalue weighted by molar-refractivity contribution is -0.123. The molecule has 2 amide bonds. The van der Waals surface area contributed by atoms with Crippen LogP contribution in [-0.2, 0) is 4.79 Å². The van der Waals surface area contributed by atoms with Crippen molar-refractivity contribution in [2.75, 3.05) is 13.1 Å². The molecule has 0 bridgehead atoms. The number of aromatic nitrogens is 2. The summed E-state index contributed by atoms with van der Waals surface area (Å²) >= 11 is 0. The van der Waals surface area contributed by atoms with Gasteiger partial charge in [-0.2, -0.15) is 5.10 Å². The molecular weight excluding hydrogens is 258 g/mol. The van der Waals surface area contributed by atoms with Crippen LogP contribution in [0.3, 0.4) is 0 Å². The molecule has 3 rings (SSSR count). The molecule has 1 saturated carbocycles. The topological polar surface area (TPSA) is 104 Å². The number of amides is 2. The zero-order chi connectivity index (χ0) is 14.4. The Balaban J connectivity index is 1.62. The van der Waals surface area contributed by atoms with Crippen molar-refractivity contribution in [1.82, 2.24) is 20.5 Å². The molecule has 0 unspecified atom stereocenters. The Morgan fingerprint density at radius 1 is 1.45 bits per heavy atom. The molecule has 2 aliphatic rings. The van der Waals surface area contributed by atoms with Crippen LogP contribution in [0.2, 0.25) is 0 Å². The minimum Gasteiger partial charge on any atom is -0.337 e. The summed E-state index contributed by atoms with van der Waals surface area (Å²) in [5, 5.41) is 6.97. The Bertz CT molecular complexity index is 541. The predicted octanol–water partition coefficient (Wildman–Crippen LogP) is -0.159. The van der Waals surface area contributed by atoms with E-state index in [2.05, 4.69) is 15.6 Å². The van der Waals surface area contributed by atoms with Crippen molar-refractivity contribution in [3.8, 4) is 0 Å². The fraction of sp³-hybridized carbons (Fsp3) is 0.615. The molecule has 1 saturated heterocycles. The molecule has 20 heavy (non-hydrogen) atoms. The Hall–Kier alpha value is -1.89. The molecule has 2 heterocycles. The summed E-state index contributed by atoms with van der Waals surface area (Å²) in [5.41, 5.74) is 3.60. The van der Waals surface area contributed by atoms with Gasteiger partial charge < -0.3 is 4.90 Å². The number of H-pyrrole nitrogens is 1. The van der Waals surface area contributed by atoms with E-state index in [1.165, 1.54) is 0 Å². The lowest BCUT2D eigenvalue weighted by Gasteiger charge is -2.18. The van der Waals surface area contributed by atoms with Crippen LogP contribution in [0.25, 0.3) is 0 Å². The van der Waals surface area contributed by atoms with Gasteiger partial charge in [-0.25, -0.2) is 5.84 Å². The third-order valence-corrected chi connectivity index (χ3v) is 4.37. The van der Waals surface area contributed by atoms with Crippen LogP contribution in [0.5, 0.6) is 0 Å². The number of aromatic amines is 1. The highest BCUT2D eigenvalue weighted by Gasteiger charge is 2.60. The smallest absolute Gasteiger partial charge is 0.274 e. The van der Waals surface area contributed by atoms with E-state index < -0.39 is 0 Å². The molecule has 2 fully saturated rings. The van der Waals surface area contributed by atoms with Crippen molar-refractivity contribution in [2.45, 2.75) is 19.8 Å². The Kier molecular flexibility index (Phi) is 3.01. The second kappa shape index (κ2) is 4.59. The first-order chi connectivity index (χ1) is 9.52. The summed E-state index contributed by atoms with van der Waals surface area (Å²) in [6.45, 7) is 5.32. The summed E-state index contributed by atoms with van der Waals surface area (Å²) in [5.74, 6) is 5.76. The number of hydrogen-bond donors (Lipinski definition) is 3. The van der Waals surface area contributed by atoms with Gasteiger partial charge in [-0.3, -0.25) is 20.1 Å². The Morgan fingerprint density at radius 2 is 2.10 bits per heavy atom. The quantitative estimate of drug-likeness (QED) is 0.405. The molecule has 4 N–H and O–H groups in total. The number of nitrogens with zero attached hydrogens (tertiary/aromatic N) is 2. The number of carbonyl (C=O) groups excluding carboxylic acids is 2. The van der Waals surface area contributed by atoms with Crippen LogP contribution >= 0.6 is 0 Å². The molecule has 1 aliphatic carbocycles. The number of fused-ring (bicyclic) bond motifs is 1. The summed E-state index contributed by atoms with van der Waals surface area (Å²) in [4.78, 5) is 25.5. The lowest BCUT2D eigenvalue weighted by atomic mass is 10.1. The average Bonchev–Trinajstić information content (AvgIpc) is 2.88. The Morgan fingerprint density at radius 3 is 2.60 bits per heavy atom. The summed E-state index contributed by atoms with van der Waals surface area (Å²) in [7, 11) is 0. The minimum atomic E-state index is -0.117. The highest BCUT2D eigenvalue weighted by atomic mass is 16.2. The molecule has 3 atom stereocenters. The monoisotopic (exact) mass is 277 g/mol. The molecule has 0 spiro atoms. The standard InChI is InChI=1S/C13H19N5O2/c1-6(2)9-3-10(17-16-9)13(20)18-4-7-8(5-18)11(7)12(19)15-14/h3,6-8,11H,4-5,14H2,1-2H3,(H,15,19)(H,16,17)/t7-,8+,11-. The van der Waals surface area contributed by atoms with Crippen LogP contribution in [-0.4, -0.2) is 40.0 Å². The third-order valence-electron chi connectivity index (χ3n) is 4.37. The number of nitrogens with one attached hydrogen (secondary N) is 2. The van der Waals surface area contributed by atoms with Gasteiger partial charge in [0.05, 0.1) is 0 Å². The molecule has 108 valence electrons. The van der Waals surface area contributed by atoms with Crippen molar-refractivity contribution < 1.29 is 9.59 Å². The number of hydrazine groups is 1. The highest BCUT2D eigenvalue weighted by Crippen LogP contribution is 2.51. The van der Waals surface area contributed by atoms with E-state index in [9.17, 15) is 9.59 Å². The van der Waals surface area contributed by atoms with Gasteiger partial charge in [-0.05, 0) is 23.8 Å². The van der Waals surface area contributed by atoms with E-state index in [4.69, 9.17) is 5.84 Å². The van der Waals surface area contributed by atoms with E-state index in [1.807, 2.05) is 13.8 Å². The summed E-state index contributed by atoms with van der Waals surface area (Å²) in [6, 6.07) is 1.81. The van der Waals surface area contributed by atoms with Gasteiger partial charge >= 0.3 is 0 Å². The van der Waals surface area contributed by atoms with E-state index >= 15 is 0 Å². The van der Waals surface area contributed by atoms with Crippen molar-refractivity contribution in [3.05, 3.63) is 17.5 Å². The number of hydrogen-bond acceptors (Lipinski definition) is 4. The van der Waals surface area contributed by atoms with Crippen molar-refractivity contribution in [3.63, 3.8) is 0 Å². The summed E-state index contributed by atoms with van der Waals surface area (Å²) < 4.78 is 0. The number of piperidine rings is 1. The first-order valence-corrected chi connectivity index (χ1v) is 6.88. The maximum absolute atomic E-state index is 12.3. The van der Waals surface area contributed by atoms with Crippen LogP contribution in [0, 0.1) is 17.8 Å². The van der Waals surface area contributed by atoms with Gasteiger partial charge in [0.25, 0.3) is 5.91 Å². The van der Waals surface area contributed by atoms with E-state index in [1.54, 1.807) is 11.0 Å². The van der Waals surface area contributed by atoms with E-state index in [0.717, 1.165) is 5.69 Å². The molecular formula is C13H19N5O2. The SMILES string of the molecule is CC(C)c1cc(C(=O)N2C[C@@H]3[C@H](C2)[C@@H]3C(=O)NN)n[nH]1. The van der Waals surface area contributed by atoms with E-state index in [-0.39, 0.29) is 29.6 Å². The van der Waals surface area contributed by atoms with Gasteiger partial charge in [0.15, 0.2) is 0 Å². The fourth-order valence-corrected chi connectivity index (χ4v) is 3.08. The second-order valence-electron chi connectivity index (χ2n) is 5.94. The zero-order valence-corrected chi connectivity index (χ0v) is 11.6. The summed E-state index contributed by atoms with van der Waals surface area (Å²) in [6.07, 6.45) is 0. The van der Waals surface area contributed by atoms with Crippen molar-refractivity contribution in [2.24, 2.45) is 23.6 Å². The van der Waals surface area contributed by atoms with Crippen LogP contribution in [0.4, 0.5) is 0 Å². The first kappa shape index (κ1) is 13.1. The number of likely N-dealkylation sites (tertiary alicyclic amines) is 1. The van der Waals surface area contributed by atoms with Crippen molar-refractivity contribution >= 4 is 11.8 Å². The zero-order valence-electron chi connectivity index (χ0n) is 11.6. The van der Waals surface area contributed by atoms with Gasteiger partial charge in [0.2, 0.25) is 5.91 Å². The predicted molar refractivity (Wildman–Crippen MR) is 71.4 cm³/mol. The Labute approximate surface area is 116 Å². The number of nitrogens with two attached hydrogens (primary N) is 1. The average molecular weight is 277 g/mol. The fourth-order valence-electron chi connectivity index (χ4n) is 3.08. The normalized spacial score (nSPS) is 27.6. The highest BCUT2D eigenvalue weighted by molar-refractivity contribution is 5.93. The minimum absolute atomic E-state index is 0.0190. The van der Waals surface area contributed by atoms with Gasteiger partial charge in [-0.15, -0.1) is 0 Å². The molecule has 7 heteroatoms. The number of carbonyl (C=O) groups is 2. The molecule has 0 radical (unpaired) electrons. The van der Waals surface area contributed by atoms with Crippen LogP contribution < -0.4 is 11.3 Å². The molecule has 1 aliphatic heterocycles. The van der Waals surface area contributed by atoms with Gasteiger partial charge in [0.1, 0.15) is 5.69 Å². The maximum Gasteiger partial charge on any atom is 0.274 e.